The monoisotopic (exact) mass is 312 g/mol. The number of imidazole rings is 1. The van der Waals surface area contributed by atoms with Crippen LogP contribution in [-0.2, 0) is 22.0 Å². The minimum Gasteiger partial charge on any atom is -0.329 e. The third-order valence-electron chi connectivity index (χ3n) is 3.25. The van der Waals surface area contributed by atoms with E-state index in [1.165, 1.54) is 17.3 Å². The molecule has 0 amide bonds. The number of aryl methyl sites for hydroxylation is 3. The van der Waals surface area contributed by atoms with Gasteiger partial charge in [-0.1, -0.05) is 30.7 Å². The van der Waals surface area contributed by atoms with E-state index < -0.39 is 9.05 Å². The molecule has 2 aromatic rings. The first-order valence-corrected chi connectivity index (χ1v) is 8.69. The Kier molecular flexibility index (Phi) is 4.20. The number of hydrogen-bond acceptors (Lipinski definition) is 3. The highest BCUT2D eigenvalue weighted by Crippen LogP contribution is 2.18. The fourth-order valence-corrected chi connectivity index (χ4v) is 2.81. The summed E-state index contributed by atoms with van der Waals surface area (Å²) < 4.78 is 24.6. The van der Waals surface area contributed by atoms with Crippen molar-refractivity contribution in [3.63, 3.8) is 0 Å². The summed E-state index contributed by atoms with van der Waals surface area (Å²) in [5, 5.41) is -0.0821. The van der Waals surface area contributed by atoms with Gasteiger partial charge in [-0.3, -0.25) is 0 Å². The maximum Gasteiger partial charge on any atom is 0.280 e. The number of benzene rings is 1. The van der Waals surface area contributed by atoms with Crippen LogP contribution in [0.25, 0.3) is 0 Å². The van der Waals surface area contributed by atoms with E-state index in [4.69, 9.17) is 10.7 Å². The van der Waals surface area contributed by atoms with E-state index in [2.05, 4.69) is 23.2 Å². The van der Waals surface area contributed by atoms with Crippen molar-refractivity contribution in [3.05, 3.63) is 46.9 Å². The van der Waals surface area contributed by atoms with Gasteiger partial charge in [-0.05, 0) is 25.0 Å². The zero-order valence-electron chi connectivity index (χ0n) is 11.7. The van der Waals surface area contributed by atoms with Gasteiger partial charge in [-0.25, -0.2) is 13.4 Å². The quantitative estimate of drug-likeness (QED) is 0.815. The first kappa shape index (κ1) is 15.1. The van der Waals surface area contributed by atoms with Crippen LogP contribution in [0.2, 0.25) is 0 Å². The Morgan fingerprint density at radius 3 is 2.60 bits per heavy atom. The molecule has 0 bridgehead atoms. The third-order valence-corrected chi connectivity index (χ3v) is 4.42. The summed E-state index contributed by atoms with van der Waals surface area (Å²) in [6, 6.07) is 6.22. The van der Waals surface area contributed by atoms with Crippen LogP contribution in [0.15, 0.2) is 29.4 Å². The summed E-state index contributed by atoms with van der Waals surface area (Å²) >= 11 is 0. The minimum atomic E-state index is -3.78. The van der Waals surface area contributed by atoms with Gasteiger partial charge in [-0.15, -0.1) is 0 Å². The molecule has 0 spiro atoms. The molecule has 4 nitrogen and oxygen atoms in total. The lowest BCUT2D eigenvalue weighted by Crippen LogP contribution is -2.04. The highest BCUT2D eigenvalue weighted by molar-refractivity contribution is 8.13. The lowest BCUT2D eigenvalue weighted by molar-refractivity contribution is 0.606. The van der Waals surface area contributed by atoms with Gasteiger partial charge in [0.05, 0.1) is 0 Å². The van der Waals surface area contributed by atoms with Gasteiger partial charge in [0.1, 0.15) is 5.82 Å². The van der Waals surface area contributed by atoms with Crippen LogP contribution in [0.1, 0.15) is 29.4 Å². The van der Waals surface area contributed by atoms with E-state index >= 15 is 0 Å². The first-order valence-electron chi connectivity index (χ1n) is 6.38. The molecule has 0 saturated carbocycles. The lowest BCUT2D eigenvalue weighted by Gasteiger charge is -2.10. The highest BCUT2D eigenvalue weighted by atomic mass is 35.7. The van der Waals surface area contributed by atoms with Crippen LogP contribution in [0.5, 0.6) is 0 Å². The van der Waals surface area contributed by atoms with E-state index in [9.17, 15) is 8.42 Å². The summed E-state index contributed by atoms with van der Waals surface area (Å²) in [6.07, 6.45) is 2.15. The predicted octanol–water partition coefficient (Wildman–Crippen LogP) is 3.04. The normalized spacial score (nSPS) is 11.8. The van der Waals surface area contributed by atoms with Gasteiger partial charge in [0.2, 0.25) is 0 Å². The van der Waals surface area contributed by atoms with E-state index in [0.29, 0.717) is 18.8 Å². The maximum absolute atomic E-state index is 11.4. The standard InChI is InChI=1S/C14H17ClN2O2S/c1-4-13-16-14(20(15,18)19)9-17(13)8-12-7-10(2)5-6-11(12)3/h5-7,9H,4,8H2,1-3H3. The van der Waals surface area contributed by atoms with Crippen LogP contribution in [0, 0.1) is 13.8 Å². The fourth-order valence-electron chi connectivity index (χ4n) is 2.12. The molecule has 6 heteroatoms. The second-order valence-corrected chi connectivity index (χ2v) is 7.36. The molecule has 2 rings (SSSR count). The van der Waals surface area contributed by atoms with E-state index in [0.717, 1.165) is 5.56 Å². The molecule has 0 atom stereocenters. The van der Waals surface area contributed by atoms with Crippen LogP contribution >= 0.6 is 10.7 Å². The SMILES string of the molecule is CCc1nc(S(=O)(=O)Cl)cn1Cc1cc(C)ccc1C. The van der Waals surface area contributed by atoms with Gasteiger partial charge in [0, 0.05) is 29.8 Å². The number of nitrogens with zero attached hydrogens (tertiary/aromatic N) is 2. The second kappa shape index (κ2) is 5.58. The molecule has 0 aliphatic carbocycles. The minimum absolute atomic E-state index is 0.0821. The third kappa shape index (κ3) is 3.22. The van der Waals surface area contributed by atoms with Gasteiger partial charge in [0.25, 0.3) is 9.05 Å². The zero-order chi connectivity index (χ0) is 14.9. The topological polar surface area (TPSA) is 52.0 Å². The summed E-state index contributed by atoms with van der Waals surface area (Å²) in [6.45, 7) is 6.60. The van der Waals surface area contributed by atoms with Crippen molar-refractivity contribution in [2.45, 2.75) is 38.8 Å². The molecular formula is C14H17ClN2O2S. The highest BCUT2D eigenvalue weighted by Gasteiger charge is 2.17. The van der Waals surface area contributed by atoms with Crippen molar-refractivity contribution in [1.82, 2.24) is 9.55 Å². The Morgan fingerprint density at radius 2 is 2.00 bits per heavy atom. The van der Waals surface area contributed by atoms with Crippen molar-refractivity contribution < 1.29 is 8.42 Å². The zero-order valence-corrected chi connectivity index (χ0v) is 13.3. The summed E-state index contributed by atoms with van der Waals surface area (Å²) in [4.78, 5) is 4.09. The largest absolute Gasteiger partial charge is 0.329 e. The molecule has 1 heterocycles. The predicted molar refractivity (Wildman–Crippen MR) is 79.7 cm³/mol. The van der Waals surface area contributed by atoms with Gasteiger partial charge < -0.3 is 4.57 Å². The summed E-state index contributed by atoms with van der Waals surface area (Å²) in [7, 11) is 1.57. The van der Waals surface area contributed by atoms with Crippen molar-refractivity contribution >= 4 is 19.7 Å². The van der Waals surface area contributed by atoms with Crippen molar-refractivity contribution in [3.8, 4) is 0 Å². The van der Waals surface area contributed by atoms with Gasteiger partial charge >= 0.3 is 0 Å². The number of hydrogen-bond donors (Lipinski definition) is 0. The average molecular weight is 313 g/mol. The molecular weight excluding hydrogens is 296 g/mol. The van der Waals surface area contributed by atoms with Crippen LogP contribution in [0.4, 0.5) is 0 Å². The average Bonchev–Trinajstić information content (AvgIpc) is 2.77. The smallest absolute Gasteiger partial charge is 0.280 e. The van der Waals surface area contributed by atoms with E-state index in [-0.39, 0.29) is 5.03 Å². The summed E-state index contributed by atoms with van der Waals surface area (Å²) in [5.41, 5.74) is 3.49. The molecule has 0 fully saturated rings. The molecule has 1 aromatic heterocycles. The van der Waals surface area contributed by atoms with Crippen LogP contribution < -0.4 is 0 Å². The lowest BCUT2D eigenvalue weighted by atomic mass is 10.1. The molecule has 0 aliphatic heterocycles. The second-order valence-electron chi connectivity index (χ2n) is 4.84. The Hall–Kier alpha value is -1.33. The Morgan fingerprint density at radius 1 is 1.30 bits per heavy atom. The van der Waals surface area contributed by atoms with Gasteiger partial charge in [0.15, 0.2) is 5.03 Å². The number of aromatic nitrogens is 2. The first-order chi connectivity index (χ1) is 9.31. The van der Waals surface area contributed by atoms with E-state index in [1.807, 2.05) is 25.3 Å². The maximum atomic E-state index is 11.4. The molecule has 108 valence electrons. The molecule has 0 unspecified atom stereocenters. The fraction of sp³-hybridized carbons (Fsp3) is 0.357. The summed E-state index contributed by atoms with van der Waals surface area (Å²) in [5.74, 6) is 0.713. The molecule has 0 radical (unpaired) electrons. The molecule has 0 N–H and O–H groups in total. The van der Waals surface area contributed by atoms with Gasteiger partial charge in [-0.2, -0.15) is 0 Å². The molecule has 1 aromatic carbocycles. The van der Waals surface area contributed by atoms with E-state index in [1.54, 1.807) is 0 Å². The Balaban J connectivity index is 2.43. The molecule has 0 aliphatic rings. The number of rotatable bonds is 4. The van der Waals surface area contributed by atoms with Crippen molar-refractivity contribution in [2.24, 2.45) is 0 Å². The van der Waals surface area contributed by atoms with Crippen LogP contribution in [0.3, 0.4) is 0 Å². The Labute approximate surface area is 123 Å². The van der Waals surface area contributed by atoms with Crippen molar-refractivity contribution in [1.29, 1.82) is 0 Å². The molecule has 0 saturated heterocycles. The van der Waals surface area contributed by atoms with Crippen LogP contribution in [-0.4, -0.2) is 18.0 Å². The molecule has 20 heavy (non-hydrogen) atoms. The van der Waals surface area contributed by atoms with Crippen molar-refractivity contribution in [2.75, 3.05) is 0 Å². The number of halogens is 1. The Bertz CT molecular complexity index is 736.